The molecule has 18 heavy (non-hydrogen) atoms. The molecule has 1 aromatic carbocycles. The largest absolute Gasteiger partial charge is 0.350 e. The highest BCUT2D eigenvalue weighted by atomic mass is 14.9. The molecule has 2 nitrogen and oxygen atoms in total. The Hall–Kier alpha value is -1.54. The van der Waals surface area contributed by atoms with Crippen molar-refractivity contribution in [3.63, 3.8) is 0 Å². The molecule has 0 fully saturated rings. The fourth-order valence-electron chi connectivity index (χ4n) is 2.54. The molecule has 1 aromatic heterocycles. The van der Waals surface area contributed by atoms with E-state index in [1.807, 2.05) is 7.05 Å². The summed E-state index contributed by atoms with van der Waals surface area (Å²) in [5, 5.41) is 3.18. The topological polar surface area (TPSA) is 17.0 Å². The summed E-state index contributed by atoms with van der Waals surface area (Å²) in [4.78, 5) is 0. The van der Waals surface area contributed by atoms with Crippen LogP contribution in [0.3, 0.4) is 0 Å². The van der Waals surface area contributed by atoms with E-state index in [1.54, 1.807) is 0 Å². The molecule has 0 saturated carbocycles. The molecule has 0 aliphatic heterocycles. The normalized spacial score (nSPS) is 10.9. The van der Waals surface area contributed by atoms with Crippen molar-refractivity contribution in [3.8, 4) is 0 Å². The number of nitrogens with zero attached hydrogens (tertiary/aromatic N) is 1. The molecule has 2 heteroatoms. The number of aromatic nitrogens is 1. The molecule has 2 aromatic rings. The molecule has 96 valence electrons. The first kappa shape index (κ1) is 12.9. The Morgan fingerprint density at radius 2 is 1.78 bits per heavy atom. The Bertz CT molecular complexity index is 515. The van der Waals surface area contributed by atoms with E-state index in [0.29, 0.717) is 0 Å². The zero-order chi connectivity index (χ0) is 13.1. The minimum Gasteiger partial charge on any atom is -0.350 e. The van der Waals surface area contributed by atoms with E-state index in [0.717, 1.165) is 13.1 Å². The van der Waals surface area contributed by atoms with E-state index in [4.69, 9.17) is 0 Å². The maximum absolute atomic E-state index is 3.18. The summed E-state index contributed by atoms with van der Waals surface area (Å²) in [6.07, 6.45) is 4.38. The van der Waals surface area contributed by atoms with Gasteiger partial charge in [0.15, 0.2) is 0 Å². The molecule has 2 rings (SSSR count). The molecule has 0 atom stereocenters. The van der Waals surface area contributed by atoms with E-state index in [1.165, 1.54) is 27.8 Å². The summed E-state index contributed by atoms with van der Waals surface area (Å²) >= 11 is 0. The predicted molar refractivity (Wildman–Crippen MR) is 77.0 cm³/mol. The maximum atomic E-state index is 3.18. The summed E-state index contributed by atoms with van der Waals surface area (Å²) in [6, 6.07) is 6.70. The second-order valence-corrected chi connectivity index (χ2v) is 5.10. The number of hydrogen-bond acceptors (Lipinski definition) is 1. The number of nitrogens with one attached hydrogen (secondary N) is 1. The first-order valence-corrected chi connectivity index (χ1v) is 6.46. The highest BCUT2D eigenvalue weighted by Crippen LogP contribution is 2.18. The first-order valence-electron chi connectivity index (χ1n) is 6.46. The van der Waals surface area contributed by atoms with E-state index in [9.17, 15) is 0 Å². The minimum absolute atomic E-state index is 0.929. The summed E-state index contributed by atoms with van der Waals surface area (Å²) in [7, 11) is 1.98. The Balaban J connectivity index is 2.22. The van der Waals surface area contributed by atoms with Gasteiger partial charge in [0, 0.05) is 25.5 Å². The van der Waals surface area contributed by atoms with Crippen LogP contribution in [0.5, 0.6) is 0 Å². The number of hydrogen-bond donors (Lipinski definition) is 1. The Morgan fingerprint density at radius 3 is 2.39 bits per heavy atom. The van der Waals surface area contributed by atoms with Crippen LogP contribution in [-0.4, -0.2) is 11.6 Å². The van der Waals surface area contributed by atoms with Crippen LogP contribution in [0.15, 0.2) is 30.6 Å². The molecule has 1 heterocycles. The van der Waals surface area contributed by atoms with Crippen molar-refractivity contribution >= 4 is 0 Å². The number of aryl methyl sites for hydroxylation is 3. The Labute approximate surface area is 110 Å². The van der Waals surface area contributed by atoms with Gasteiger partial charge in [-0.05, 0) is 56.1 Å². The third-order valence-electron chi connectivity index (χ3n) is 3.37. The van der Waals surface area contributed by atoms with Gasteiger partial charge in [-0.1, -0.05) is 17.7 Å². The lowest BCUT2D eigenvalue weighted by Gasteiger charge is -2.12. The maximum Gasteiger partial charge on any atom is 0.0475 e. The highest BCUT2D eigenvalue weighted by Gasteiger charge is 2.05. The van der Waals surface area contributed by atoms with Crippen LogP contribution in [0.25, 0.3) is 0 Å². The molecule has 0 saturated heterocycles. The Kier molecular flexibility index (Phi) is 3.87. The number of benzene rings is 1. The van der Waals surface area contributed by atoms with Crippen molar-refractivity contribution in [2.24, 2.45) is 0 Å². The molecule has 0 spiro atoms. The van der Waals surface area contributed by atoms with Gasteiger partial charge in [0.25, 0.3) is 0 Å². The van der Waals surface area contributed by atoms with Crippen LogP contribution in [0, 0.1) is 20.8 Å². The fraction of sp³-hybridized carbons (Fsp3) is 0.375. The summed E-state index contributed by atoms with van der Waals surface area (Å²) in [5.41, 5.74) is 6.89. The molecule has 0 radical (unpaired) electrons. The fourth-order valence-corrected chi connectivity index (χ4v) is 2.54. The van der Waals surface area contributed by atoms with E-state index < -0.39 is 0 Å². The lowest BCUT2D eigenvalue weighted by atomic mass is 10.00. The molecular weight excluding hydrogens is 220 g/mol. The van der Waals surface area contributed by atoms with Gasteiger partial charge in [0.05, 0.1) is 0 Å². The van der Waals surface area contributed by atoms with E-state index >= 15 is 0 Å². The van der Waals surface area contributed by atoms with Crippen LogP contribution in [0.1, 0.15) is 27.8 Å². The quantitative estimate of drug-likeness (QED) is 0.871. The van der Waals surface area contributed by atoms with Gasteiger partial charge in [-0.25, -0.2) is 0 Å². The molecule has 0 unspecified atom stereocenters. The average molecular weight is 242 g/mol. The van der Waals surface area contributed by atoms with Crippen LogP contribution in [-0.2, 0) is 13.1 Å². The smallest absolute Gasteiger partial charge is 0.0475 e. The van der Waals surface area contributed by atoms with Gasteiger partial charge in [-0.2, -0.15) is 0 Å². The zero-order valence-corrected chi connectivity index (χ0v) is 11.7. The molecule has 0 bridgehead atoms. The van der Waals surface area contributed by atoms with Gasteiger partial charge in [-0.3, -0.25) is 0 Å². The van der Waals surface area contributed by atoms with Gasteiger partial charge in [0.2, 0.25) is 0 Å². The highest BCUT2D eigenvalue weighted by molar-refractivity contribution is 5.37. The second kappa shape index (κ2) is 5.40. The molecular formula is C16H22N2. The van der Waals surface area contributed by atoms with Crippen molar-refractivity contribution < 1.29 is 0 Å². The van der Waals surface area contributed by atoms with Crippen molar-refractivity contribution in [2.75, 3.05) is 7.05 Å². The van der Waals surface area contributed by atoms with Crippen LogP contribution >= 0.6 is 0 Å². The third kappa shape index (κ3) is 2.82. The van der Waals surface area contributed by atoms with Crippen molar-refractivity contribution in [1.29, 1.82) is 0 Å². The second-order valence-electron chi connectivity index (χ2n) is 5.10. The Morgan fingerprint density at radius 1 is 1.11 bits per heavy atom. The summed E-state index contributed by atoms with van der Waals surface area (Å²) in [5.74, 6) is 0. The van der Waals surface area contributed by atoms with Crippen LogP contribution in [0.2, 0.25) is 0 Å². The van der Waals surface area contributed by atoms with Gasteiger partial charge >= 0.3 is 0 Å². The third-order valence-corrected chi connectivity index (χ3v) is 3.37. The zero-order valence-electron chi connectivity index (χ0n) is 11.7. The molecule has 1 N–H and O–H groups in total. The molecule has 0 aliphatic rings. The van der Waals surface area contributed by atoms with Gasteiger partial charge < -0.3 is 9.88 Å². The van der Waals surface area contributed by atoms with E-state index in [2.05, 4.69) is 61.2 Å². The lowest BCUT2D eigenvalue weighted by Crippen LogP contribution is -2.05. The van der Waals surface area contributed by atoms with Gasteiger partial charge in [-0.15, -0.1) is 0 Å². The first-order chi connectivity index (χ1) is 8.60. The summed E-state index contributed by atoms with van der Waals surface area (Å²) in [6.45, 7) is 8.45. The van der Waals surface area contributed by atoms with Crippen molar-refractivity contribution in [1.82, 2.24) is 9.88 Å². The van der Waals surface area contributed by atoms with E-state index in [-0.39, 0.29) is 0 Å². The van der Waals surface area contributed by atoms with Gasteiger partial charge in [0.1, 0.15) is 0 Å². The summed E-state index contributed by atoms with van der Waals surface area (Å²) < 4.78 is 2.26. The monoisotopic (exact) mass is 242 g/mol. The number of rotatable bonds is 4. The molecule has 0 amide bonds. The minimum atomic E-state index is 0.929. The van der Waals surface area contributed by atoms with Crippen LogP contribution in [0.4, 0.5) is 0 Å². The lowest BCUT2D eigenvalue weighted by molar-refractivity contribution is 0.775. The standard InChI is InChI=1S/C16H22N2/c1-12-7-13(2)16(14(3)8-12)11-18-6-5-15(10-18)9-17-4/h5-8,10,17H,9,11H2,1-4H3. The SMILES string of the molecule is CNCc1ccn(Cc2c(C)cc(C)cc2C)c1. The van der Waals surface area contributed by atoms with Crippen molar-refractivity contribution in [2.45, 2.75) is 33.9 Å². The van der Waals surface area contributed by atoms with Crippen LogP contribution < -0.4 is 5.32 Å². The average Bonchev–Trinajstić information content (AvgIpc) is 2.72. The van der Waals surface area contributed by atoms with Crippen molar-refractivity contribution in [3.05, 3.63) is 58.4 Å². The molecule has 0 aliphatic carbocycles. The predicted octanol–water partition coefficient (Wildman–Crippen LogP) is 3.18.